The van der Waals surface area contributed by atoms with Crippen molar-refractivity contribution < 1.29 is 19.8 Å². The molecule has 0 aliphatic carbocycles. The lowest BCUT2D eigenvalue weighted by atomic mass is 10.1. The van der Waals surface area contributed by atoms with Gasteiger partial charge in [0.2, 0.25) is 0 Å². The Bertz CT molecular complexity index is 714. The first kappa shape index (κ1) is 15.1. The second kappa shape index (κ2) is 5.99. The molecular weight excluding hydrogens is 319 g/mol. The Morgan fingerprint density at radius 3 is 2.29 bits per heavy atom. The number of aromatic hydroxyl groups is 1. The first-order chi connectivity index (χ1) is 9.86. The van der Waals surface area contributed by atoms with E-state index in [-0.39, 0.29) is 32.9 Å². The molecule has 0 fully saturated rings. The van der Waals surface area contributed by atoms with Crippen molar-refractivity contribution >= 4 is 40.8 Å². The Kier molecular flexibility index (Phi) is 4.30. The van der Waals surface area contributed by atoms with Crippen LogP contribution in [0.15, 0.2) is 30.3 Å². The number of carboxylic acids is 1. The third-order valence-electron chi connectivity index (χ3n) is 2.51. The molecule has 0 spiro atoms. The predicted molar refractivity (Wildman–Crippen MR) is 77.3 cm³/mol. The van der Waals surface area contributed by atoms with Gasteiger partial charge in [0, 0.05) is 5.56 Å². The van der Waals surface area contributed by atoms with Crippen molar-refractivity contribution in [2.75, 3.05) is 5.32 Å². The third-order valence-corrected chi connectivity index (χ3v) is 2.89. The fourth-order valence-corrected chi connectivity index (χ4v) is 2.07. The van der Waals surface area contributed by atoms with Gasteiger partial charge >= 0.3 is 5.97 Å². The smallest absolute Gasteiger partial charge is 0.337 e. The summed E-state index contributed by atoms with van der Waals surface area (Å²) < 4.78 is 0. The summed E-state index contributed by atoms with van der Waals surface area (Å²) in [6, 6.07) is 6.16. The van der Waals surface area contributed by atoms with Gasteiger partial charge in [-0.05, 0) is 30.3 Å². The van der Waals surface area contributed by atoms with Gasteiger partial charge in [-0.25, -0.2) is 9.78 Å². The summed E-state index contributed by atoms with van der Waals surface area (Å²) >= 11 is 11.4. The zero-order chi connectivity index (χ0) is 15.6. The van der Waals surface area contributed by atoms with Gasteiger partial charge in [0.25, 0.3) is 5.91 Å². The number of rotatable bonds is 3. The molecule has 2 aromatic rings. The average molecular weight is 327 g/mol. The molecule has 0 saturated heterocycles. The molecular formula is C13H8Cl2N2O4. The lowest BCUT2D eigenvalue weighted by molar-refractivity contribution is 0.0697. The van der Waals surface area contributed by atoms with Crippen LogP contribution in [-0.2, 0) is 0 Å². The average Bonchev–Trinajstić information content (AvgIpc) is 2.39. The number of carboxylic acid groups (broad SMARTS) is 1. The van der Waals surface area contributed by atoms with Gasteiger partial charge < -0.3 is 15.5 Å². The third kappa shape index (κ3) is 3.62. The molecule has 1 heterocycles. The highest BCUT2D eigenvalue weighted by Crippen LogP contribution is 2.23. The van der Waals surface area contributed by atoms with Crippen LogP contribution in [0.5, 0.6) is 5.75 Å². The molecule has 1 aromatic carbocycles. The zero-order valence-electron chi connectivity index (χ0n) is 10.3. The number of pyridine rings is 1. The summed E-state index contributed by atoms with van der Waals surface area (Å²) in [5.41, 5.74) is -0.0756. The number of hydrogen-bond donors (Lipinski definition) is 3. The molecule has 0 aliphatic heterocycles. The minimum absolute atomic E-state index is 0.0364. The summed E-state index contributed by atoms with van der Waals surface area (Å²) in [7, 11) is 0. The minimum Gasteiger partial charge on any atom is -0.508 e. The quantitative estimate of drug-likeness (QED) is 0.594. The van der Waals surface area contributed by atoms with E-state index < -0.39 is 11.9 Å². The number of benzene rings is 1. The van der Waals surface area contributed by atoms with Gasteiger partial charge in [-0.2, -0.15) is 0 Å². The van der Waals surface area contributed by atoms with Crippen LogP contribution in [0, 0.1) is 0 Å². The fourth-order valence-electron chi connectivity index (χ4n) is 1.61. The standard InChI is InChI=1S/C13H8Cl2N2O4/c14-10-3-6(4-11(15)17-10)12(19)16-9-2-1-7(18)5-8(9)13(20)21/h1-5,18H,(H,16,19)(H,20,21). The number of aromatic nitrogens is 1. The number of nitrogens with one attached hydrogen (secondary N) is 1. The largest absolute Gasteiger partial charge is 0.508 e. The molecule has 1 amide bonds. The van der Waals surface area contributed by atoms with Crippen molar-refractivity contribution in [3.8, 4) is 5.75 Å². The molecule has 0 radical (unpaired) electrons. The summed E-state index contributed by atoms with van der Waals surface area (Å²) in [5, 5.41) is 20.8. The highest BCUT2D eigenvalue weighted by Gasteiger charge is 2.15. The molecule has 0 aliphatic rings. The number of anilines is 1. The van der Waals surface area contributed by atoms with E-state index >= 15 is 0 Å². The normalized spacial score (nSPS) is 10.2. The van der Waals surface area contributed by atoms with Crippen LogP contribution in [0.25, 0.3) is 0 Å². The van der Waals surface area contributed by atoms with Crippen molar-refractivity contribution in [3.63, 3.8) is 0 Å². The highest BCUT2D eigenvalue weighted by atomic mass is 35.5. The number of carbonyl (C=O) groups excluding carboxylic acids is 1. The molecule has 0 atom stereocenters. The van der Waals surface area contributed by atoms with Crippen LogP contribution >= 0.6 is 23.2 Å². The topological polar surface area (TPSA) is 99.5 Å². The Hall–Kier alpha value is -2.31. The van der Waals surface area contributed by atoms with Crippen LogP contribution < -0.4 is 5.32 Å². The van der Waals surface area contributed by atoms with Crippen molar-refractivity contribution in [1.82, 2.24) is 4.98 Å². The van der Waals surface area contributed by atoms with Gasteiger partial charge in [0.05, 0.1) is 11.3 Å². The van der Waals surface area contributed by atoms with Crippen molar-refractivity contribution in [1.29, 1.82) is 0 Å². The van der Waals surface area contributed by atoms with E-state index in [0.717, 1.165) is 6.07 Å². The molecule has 0 unspecified atom stereocenters. The van der Waals surface area contributed by atoms with Crippen molar-refractivity contribution in [2.45, 2.75) is 0 Å². The minimum atomic E-state index is -1.29. The molecule has 6 nitrogen and oxygen atoms in total. The van der Waals surface area contributed by atoms with Gasteiger partial charge in [-0.1, -0.05) is 23.2 Å². The van der Waals surface area contributed by atoms with E-state index in [0.29, 0.717) is 0 Å². The Balaban J connectivity index is 2.33. The lowest BCUT2D eigenvalue weighted by Gasteiger charge is -2.09. The van der Waals surface area contributed by atoms with Crippen LogP contribution in [0.4, 0.5) is 5.69 Å². The van der Waals surface area contributed by atoms with Crippen LogP contribution in [0.2, 0.25) is 10.3 Å². The highest BCUT2D eigenvalue weighted by molar-refractivity contribution is 6.33. The molecule has 2 rings (SSSR count). The maximum atomic E-state index is 12.1. The summed E-state index contributed by atoms with van der Waals surface area (Å²) in [5.74, 6) is -2.11. The van der Waals surface area contributed by atoms with E-state index in [9.17, 15) is 14.7 Å². The summed E-state index contributed by atoms with van der Waals surface area (Å²) in [6.07, 6.45) is 0. The summed E-state index contributed by atoms with van der Waals surface area (Å²) in [4.78, 5) is 26.9. The molecule has 108 valence electrons. The number of hydrogen-bond acceptors (Lipinski definition) is 4. The first-order valence-corrected chi connectivity index (χ1v) is 6.33. The molecule has 0 saturated carbocycles. The summed E-state index contributed by atoms with van der Waals surface area (Å²) in [6.45, 7) is 0. The second-order valence-corrected chi connectivity index (χ2v) is 4.76. The van der Waals surface area contributed by atoms with E-state index in [1.54, 1.807) is 0 Å². The molecule has 1 aromatic heterocycles. The van der Waals surface area contributed by atoms with E-state index in [2.05, 4.69) is 10.3 Å². The maximum absolute atomic E-state index is 12.1. The molecule has 21 heavy (non-hydrogen) atoms. The van der Waals surface area contributed by atoms with E-state index in [1.165, 1.54) is 24.3 Å². The Labute approximate surface area is 129 Å². The fraction of sp³-hybridized carbons (Fsp3) is 0. The Morgan fingerprint density at radius 2 is 1.71 bits per heavy atom. The lowest BCUT2D eigenvalue weighted by Crippen LogP contribution is -2.15. The van der Waals surface area contributed by atoms with E-state index in [1.807, 2.05) is 0 Å². The second-order valence-electron chi connectivity index (χ2n) is 3.99. The maximum Gasteiger partial charge on any atom is 0.337 e. The molecule has 3 N–H and O–H groups in total. The predicted octanol–water partition coefficient (Wildman–Crippen LogP) is 3.04. The molecule has 8 heteroatoms. The number of phenolic OH excluding ortho intramolecular Hbond substituents is 1. The van der Waals surface area contributed by atoms with Gasteiger partial charge in [0.15, 0.2) is 0 Å². The number of carbonyl (C=O) groups is 2. The molecule has 0 bridgehead atoms. The number of halogens is 2. The van der Waals surface area contributed by atoms with Gasteiger partial charge in [0.1, 0.15) is 16.1 Å². The van der Waals surface area contributed by atoms with Crippen LogP contribution in [0.3, 0.4) is 0 Å². The number of amides is 1. The van der Waals surface area contributed by atoms with Gasteiger partial charge in [-0.15, -0.1) is 0 Å². The van der Waals surface area contributed by atoms with E-state index in [4.69, 9.17) is 28.3 Å². The van der Waals surface area contributed by atoms with Gasteiger partial charge in [-0.3, -0.25) is 4.79 Å². The number of aromatic carboxylic acids is 1. The zero-order valence-corrected chi connectivity index (χ0v) is 11.8. The van der Waals surface area contributed by atoms with Crippen LogP contribution in [-0.4, -0.2) is 27.1 Å². The first-order valence-electron chi connectivity index (χ1n) is 5.57. The van der Waals surface area contributed by atoms with Crippen molar-refractivity contribution in [2.24, 2.45) is 0 Å². The SMILES string of the molecule is O=C(Nc1ccc(O)cc1C(=O)O)c1cc(Cl)nc(Cl)c1. The number of phenols is 1. The Morgan fingerprint density at radius 1 is 1.10 bits per heavy atom. The van der Waals surface area contributed by atoms with Crippen LogP contribution in [0.1, 0.15) is 20.7 Å². The number of nitrogens with zero attached hydrogens (tertiary/aromatic N) is 1. The monoisotopic (exact) mass is 326 g/mol. The van der Waals surface area contributed by atoms with Crippen molar-refractivity contribution in [3.05, 3.63) is 51.8 Å².